The average Bonchev–Trinajstić information content (AvgIpc) is 2.39. The molecule has 0 heterocycles. The first-order valence-corrected chi connectivity index (χ1v) is 6.98. The molecule has 0 saturated carbocycles. The lowest BCUT2D eigenvalue weighted by Gasteiger charge is -2.19. The molecule has 0 spiro atoms. The lowest BCUT2D eigenvalue weighted by molar-refractivity contribution is 0.691. The number of hydrogen-bond donors (Lipinski definition) is 1. The number of hydrogen-bond acceptors (Lipinski definition) is 1. The summed E-state index contributed by atoms with van der Waals surface area (Å²) in [5.41, 5.74) is 4.93. The molecule has 0 aliphatic heterocycles. The second kappa shape index (κ2) is 5.96. The predicted molar refractivity (Wildman–Crippen MR) is 83.3 cm³/mol. The Labute approximate surface area is 124 Å². The third kappa shape index (κ3) is 3.11. The van der Waals surface area contributed by atoms with Gasteiger partial charge in [0.25, 0.3) is 0 Å². The molecule has 1 N–H and O–H groups in total. The molecule has 3 heteroatoms. The smallest absolute Gasteiger partial charge is 0.0595 e. The van der Waals surface area contributed by atoms with Crippen LogP contribution in [0.1, 0.15) is 28.3 Å². The van der Waals surface area contributed by atoms with Crippen LogP contribution >= 0.6 is 23.2 Å². The van der Waals surface area contributed by atoms with Gasteiger partial charge in [-0.05, 0) is 55.3 Å². The van der Waals surface area contributed by atoms with Crippen LogP contribution in [0, 0.1) is 13.8 Å². The lowest BCUT2D eigenvalue weighted by atomic mass is 9.96. The van der Waals surface area contributed by atoms with Crippen LogP contribution in [0.25, 0.3) is 0 Å². The number of rotatable bonds is 3. The van der Waals surface area contributed by atoms with Crippen LogP contribution in [-0.4, -0.2) is 7.05 Å². The fraction of sp³-hybridized carbons (Fsp3) is 0.250. The molecule has 0 aromatic heterocycles. The number of benzene rings is 2. The van der Waals surface area contributed by atoms with Crippen molar-refractivity contribution < 1.29 is 0 Å². The summed E-state index contributed by atoms with van der Waals surface area (Å²) in [6.45, 7) is 4.24. The molecule has 2 aromatic carbocycles. The highest BCUT2D eigenvalue weighted by Gasteiger charge is 2.13. The minimum atomic E-state index is 0.120. The van der Waals surface area contributed by atoms with E-state index in [9.17, 15) is 0 Å². The molecule has 0 amide bonds. The van der Waals surface area contributed by atoms with Gasteiger partial charge in [-0.1, -0.05) is 47.5 Å². The van der Waals surface area contributed by atoms with Crippen molar-refractivity contribution in [1.29, 1.82) is 0 Å². The van der Waals surface area contributed by atoms with Crippen molar-refractivity contribution in [2.75, 3.05) is 7.05 Å². The van der Waals surface area contributed by atoms with Crippen LogP contribution in [0.2, 0.25) is 10.0 Å². The zero-order valence-corrected chi connectivity index (χ0v) is 12.8. The van der Waals surface area contributed by atoms with E-state index in [1.54, 1.807) is 0 Å². The molecular weight excluding hydrogens is 277 g/mol. The molecule has 0 radical (unpaired) electrons. The minimum absolute atomic E-state index is 0.120. The zero-order chi connectivity index (χ0) is 14.0. The fourth-order valence-electron chi connectivity index (χ4n) is 2.16. The predicted octanol–water partition coefficient (Wildman–Crippen LogP) is 4.92. The van der Waals surface area contributed by atoms with E-state index in [0.717, 1.165) is 5.56 Å². The Bertz CT molecular complexity index is 542. The van der Waals surface area contributed by atoms with E-state index in [1.807, 2.05) is 25.2 Å². The van der Waals surface area contributed by atoms with Crippen LogP contribution in [0.15, 0.2) is 36.4 Å². The van der Waals surface area contributed by atoms with Crippen LogP contribution in [0.3, 0.4) is 0 Å². The van der Waals surface area contributed by atoms with Gasteiger partial charge in [0.15, 0.2) is 0 Å². The van der Waals surface area contributed by atoms with E-state index >= 15 is 0 Å². The van der Waals surface area contributed by atoms with Crippen molar-refractivity contribution >= 4 is 23.2 Å². The van der Waals surface area contributed by atoms with E-state index < -0.39 is 0 Å². The van der Waals surface area contributed by atoms with Crippen LogP contribution in [-0.2, 0) is 0 Å². The van der Waals surface area contributed by atoms with E-state index in [4.69, 9.17) is 23.2 Å². The molecule has 1 nitrogen and oxygen atoms in total. The summed E-state index contributed by atoms with van der Waals surface area (Å²) in [5.74, 6) is 0. The van der Waals surface area contributed by atoms with Crippen molar-refractivity contribution in [2.45, 2.75) is 19.9 Å². The van der Waals surface area contributed by atoms with Gasteiger partial charge in [-0.15, -0.1) is 0 Å². The highest BCUT2D eigenvalue weighted by Crippen LogP contribution is 2.29. The summed E-state index contributed by atoms with van der Waals surface area (Å²) in [5, 5.41) is 4.50. The largest absolute Gasteiger partial charge is 0.309 e. The molecular formula is C16H17Cl2N. The third-order valence-corrected chi connectivity index (χ3v) is 4.17. The maximum absolute atomic E-state index is 6.10. The number of nitrogens with one attached hydrogen (secondary N) is 1. The molecule has 1 unspecified atom stereocenters. The molecule has 2 aromatic rings. The van der Waals surface area contributed by atoms with Crippen molar-refractivity contribution in [3.8, 4) is 0 Å². The first-order chi connectivity index (χ1) is 9.02. The molecule has 0 aliphatic rings. The standard InChI is InChI=1S/C16H17Cl2N/c1-10-4-5-12(8-11(10)2)16(19-3)13-6-7-14(17)15(18)9-13/h4-9,16,19H,1-3H3. The van der Waals surface area contributed by atoms with Gasteiger partial charge in [-0.25, -0.2) is 0 Å². The van der Waals surface area contributed by atoms with Gasteiger partial charge >= 0.3 is 0 Å². The minimum Gasteiger partial charge on any atom is -0.309 e. The number of halogens is 2. The van der Waals surface area contributed by atoms with Gasteiger partial charge in [0.2, 0.25) is 0 Å². The zero-order valence-electron chi connectivity index (χ0n) is 11.3. The molecule has 0 saturated heterocycles. The summed E-state index contributed by atoms with van der Waals surface area (Å²) in [6.07, 6.45) is 0. The molecule has 0 bridgehead atoms. The Hall–Kier alpha value is -1.02. The lowest BCUT2D eigenvalue weighted by Crippen LogP contribution is -2.17. The third-order valence-electron chi connectivity index (χ3n) is 3.43. The van der Waals surface area contributed by atoms with Crippen LogP contribution in [0.4, 0.5) is 0 Å². The average molecular weight is 294 g/mol. The first kappa shape index (κ1) is 14.4. The Kier molecular flexibility index (Phi) is 4.51. The summed E-state index contributed by atoms with van der Waals surface area (Å²) >= 11 is 12.1. The van der Waals surface area contributed by atoms with Crippen molar-refractivity contribution in [3.05, 3.63) is 68.7 Å². The van der Waals surface area contributed by atoms with Gasteiger partial charge in [0.05, 0.1) is 16.1 Å². The highest BCUT2D eigenvalue weighted by atomic mass is 35.5. The molecule has 2 rings (SSSR count). The summed E-state index contributed by atoms with van der Waals surface area (Å²) in [4.78, 5) is 0. The normalized spacial score (nSPS) is 12.5. The SMILES string of the molecule is CNC(c1ccc(C)c(C)c1)c1ccc(Cl)c(Cl)c1. The van der Waals surface area contributed by atoms with Crippen molar-refractivity contribution in [1.82, 2.24) is 5.32 Å². The fourth-order valence-corrected chi connectivity index (χ4v) is 2.47. The van der Waals surface area contributed by atoms with E-state index in [0.29, 0.717) is 10.0 Å². The Morgan fingerprint density at radius 2 is 1.47 bits per heavy atom. The Morgan fingerprint density at radius 3 is 2.05 bits per heavy atom. The molecule has 1 atom stereocenters. The van der Waals surface area contributed by atoms with Gasteiger partial charge in [-0.2, -0.15) is 0 Å². The summed E-state index contributed by atoms with van der Waals surface area (Å²) in [6, 6.07) is 12.4. The van der Waals surface area contributed by atoms with Gasteiger partial charge in [-0.3, -0.25) is 0 Å². The molecule has 0 aliphatic carbocycles. The van der Waals surface area contributed by atoms with Gasteiger partial charge in [0.1, 0.15) is 0 Å². The van der Waals surface area contributed by atoms with Gasteiger partial charge < -0.3 is 5.32 Å². The van der Waals surface area contributed by atoms with E-state index in [1.165, 1.54) is 16.7 Å². The summed E-state index contributed by atoms with van der Waals surface area (Å²) < 4.78 is 0. The Morgan fingerprint density at radius 1 is 0.842 bits per heavy atom. The van der Waals surface area contributed by atoms with E-state index in [2.05, 4.69) is 37.4 Å². The van der Waals surface area contributed by atoms with Crippen LogP contribution < -0.4 is 5.32 Å². The quantitative estimate of drug-likeness (QED) is 0.847. The van der Waals surface area contributed by atoms with Crippen molar-refractivity contribution in [2.24, 2.45) is 0 Å². The molecule has 0 fully saturated rings. The second-order valence-corrected chi connectivity index (χ2v) is 5.55. The van der Waals surface area contributed by atoms with Crippen molar-refractivity contribution in [3.63, 3.8) is 0 Å². The Balaban J connectivity index is 2.43. The number of aryl methyl sites for hydroxylation is 2. The first-order valence-electron chi connectivity index (χ1n) is 6.22. The second-order valence-electron chi connectivity index (χ2n) is 4.74. The molecule has 100 valence electrons. The van der Waals surface area contributed by atoms with Gasteiger partial charge in [0, 0.05) is 0 Å². The molecule has 19 heavy (non-hydrogen) atoms. The monoisotopic (exact) mass is 293 g/mol. The van der Waals surface area contributed by atoms with E-state index in [-0.39, 0.29) is 6.04 Å². The maximum Gasteiger partial charge on any atom is 0.0595 e. The maximum atomic E-state index is 6.10. The summed E-state index contributed by atoms with van der Waals surface area (Å²) in [7, 11) is 1.95. The topological polar surface area (TPSA) is 12.0 Å². The van der Waals surface area contributed by atoms with Crippen LogP contribution in [0.5, 0.6) is 0 Å². The highest BCUT2D eigenvalue weighted by molar-refractivity contribution is 6.42.